The summed E-state index contributed by atoms with van der Waals surface area (Å²) in [6.45, 7) is 5.86. The van der Waals surface area contributed by atoms with Gasteiger partial charge in [-0.15, -0.1) is 0 Å². The lowest BCUT2D eigenvalue weighted by Gasteiger charge is -2.36. The van der Waals surface area contributed by atoms with Crippen LogP contribution >= 0.6 is 0 Å². The van der Waals surface area contributed by atoms with Crippen molar-refractivity contribution in [3.63, 3.8) is 0 Å². The van der Waals surface area contributed by atoms with Crippen molar-refractivity contribution in [1.29, 1.82) is 0 Å². The number of rotatable bonds is 7. The van der Waals surface area contributed by atoms with Crippen LogP contribution in [0.15, 0.2) is 0 Å². The van der Waals surface area contributed by atoms with E-state index in [4.69, 9.17) is 4.74 Å². The molecule has 2 unspecified atom stereocenters. The molecule has 0 saturated carbocycles. The number of ether oxygens (including phenoxy) is 1. The number of hydrogen-bond donors (Lipinski definition) is 1. The fraction of sp³-hybridized carbons (Fsp3) is 1.00. The van der Waals surface area contributed by atoms with Crippen LogP contribution in [0.3, 0.4) is 0 Å². The molecule has 1 rings (SSSR count). The molecule has 1 N–H and O–H groups in total. The van der Waals surface area contributed by atoms with Gasteiger partial charge in [0.25, 0.3) is 0 Å². The SMILES string of the molecule is CCCN1CCOC(C(CCS(C)(=O)=O)NC)C1. The zero-order chi connectivity index (χ0) is 13.6. The third kappa shape index (κ3) is 5.65. The molecular weight excluding hydrogens is 252 g/mol. The molecule has 0 bridgehead atoms. The minimum atomic E-state index is -2.90. The van der Waals surface area contributed by atoms with Gasteiger partial charge >= 0.3 is 0 Å². The van der Waals surface area contributed by atoms with Crippen LogP contribution in [0.2, 0.25) is 0 Å². The second-order valence-corrected chi connectivity index (χ2v) is 7.28. The maximum Gasteiger partial charge on any atom is 0.147 e. The van der Waals surface area contributed by atoms with Crippen LogP contribution in [-0.2, 0) is 14.6 Å². The zero-order valence-electron chi connectivity index (χ0n) is 11.7. The van der Waals surface area contributed by atoms with Gasteiger partial charge in [0.05, 0.1) is 18.5 Å². The molecule has 1 aliphatic heterocycles. The summed E-state index contributed by atoms with van der Waals surface area (Å²) in [6.07, 6.45) is 3.13. The highest BCUT2D eigenvalue weighted by Gasteiger charge is 2.27. The molecule has 0 aliphatic carbocycles. The smallest absolute Gasteiger partial charge is 0.147 e. The van der Waals surface area contributed by atoms with Gasteiger partial charge < -0.3 is 10.1 Å². The molecule has 2 atom stereocenters. The van der Waals surface area contributed by atoms with Crippen LogP contribution < -0.4 is 5.32 Å². The highest BCUT2D eigenvalue weighted by Crippen LogP contribution is 2.12. The van der Waals surface area contributed by atoms with Crippen molar-refractivity contribution in [3.05, 3.63) is 0 Å². The molecule has 0 spiro atoms. The molecule has 5 nitrogen and oxygen atoms in total. The summed E-state index contributed by atoms with van der Waals surface area (Å²) in [5, 5.41) is 3.19. The van der Waals surface area contributed by atoms with Crippen LogP contribution in [0.1, 0.15) is 19.8 Å². The van der Waals surface area contributed by atoms with Crippen LogP contribution in [-0.4, -0.2) is 70.8 Å². The fourth-order valence-corrected chi connectivity index (χ4v) is 3.03. The third-order valence-corrected chi connectivity index (χ3v) is 4.31. The molecule has 1 fully saturated rings. The summed E-state index contributed by atoms with van der Waals surface area (Å²) < 4.78 is 28.2. The summed E-state index contributed by atoms with van der Waals surface area (Å²) in [4.78, 5) is 2.39. The van der Waals surface area contributed by atoms with Gasteiger partial charge in [-0.05, 0) is 26.4 Å². The Balaban J connectivity index is 2.48. The molecule has 0 aromatic carbocycles. The highest BCUT2D eigenvalue weighted by molar-refractivity contribution is 7.90. The Kier molecular flexibility index (Phi) is 6.55. The van der Waals surface area contributed by atoms with Crippen LogP contribution in [0.25, 0.3) is 0 Å². The molecule has 0 aromatic rings. The van der Waals surface area contributed by atoms with Gasteiger partial charge in [-0.3, -0.25) is 4.90 Å². The lowest BCUT2D eigenvalue weighted by molar-refractivity contribution is -0.0455. The molecule has 18 heavy (non-hydrogen) atoms. The van der Waals surface area contributed by atoms with Crippen molar-refractivity contribution in [3.8, 4) is 0 Å². The van der Waals surface area contributed by atoms with Crippen molar-refractivity contribution in [2.45, 2.75) is 31.9 Å². The first-order valence-electron chi connectivity index (χ1n) is 6.65. The van der Waals surface area contributed by atoms with Gasteiger partial charge in [0.1, 0.15) is 9.84 Å². The normalized spacial score (nSPS) is 24.1. The van der Waals surface area contributed by atoms with E-state index in [-0.39, 0.29) is 17.9 Å². The number of hydrogen-bond acceptors (Lipinski definition) is 5. The van der Waals surface area contributed by atoms with Crippen molar-refractivity contribution < 1.29 is 13.2 Å². The molecule has 1 heterocycles. The van der Waals surface area contributed by atoms with E-state index in [0.29, 0.717) is 6.42 Å². The summed E-state index contributed by atoms with van der Waals surface area (Å²) in [6, 6.07) is 0.111. The summed E-state index contributed by atoms with van der Waals surface area (Å²) in [5.74, 6) is 0.214. The van der Waals surface area contributed by atoms with E-state index in [9.17, 15) is 8.42 Å². The second kappa shape index (κ2) is 7.43. The van der Waals surface area contributed by atoms with E-state index in [1.165, 1.54) is 6.26 Å². The number of morpholine rings is 1. The number of likely N-dealkylation sites (N-methyl/N-ethyl adjacent to an activating group) is 1. The van der Waals surface area contributed by atoms with E-state index in [2.05, 4.69) is 17.1 Å². The van der Waals surface area contributed by atoms with Gasteiger partial charge in [-0.25, -0.2) is 8.42 Å². The van der Waals surface area contributed by atoms with Crippen LogP contribution in [0, 0.1) is 0 Å². The number of sulfone groups is 1. The maximum atomic E-state index is 11.2. The van der Waals surface area contributed by atoms with Crippen LogP contribution in [0.4, 0.5) is 0 Å². The summed E-state index contributed by atoms with van der Waals surface area (Å²) in [5.41, 5.74) is 0. The van der Waals surface area contributed by atoms with E-state index in [0.717, 1.165) is 32.7 Å². The molecular formula is C12H26N2O3S. The average molecular weight is 278 g/mol. The third-order valence-electron chi connectivity index (χ3n) is 3.34. The first-order valence-corrected chi connectivity index (χ1v) is 8.71. The Hall–Kier alpha value is -0.170. The standard InChI is InChI=1S/C12H26N2O3S/c1-4-6-14-7-8-17-12(10-14)11(13-2)5-9-18(3,15)16/h11-13H,4-10H2,1-3H3. The van der Waals surface area contributed by atoms with Crippen molar-refractivity contribution in [2.24, 2.45) is 0 Å². The first kappa shape index (κ1) is 15.9. The predicted molar refractivity (Wildman–Crippen MR) is 73.6 cm³/mol. The first-order chi connectivity index (χ1) is 8.46. The monoisotopic (exact) mass is 278 g/mol. The zero-order valence-corrected chi connectivity index (χ0v) is 12.5. The van der Waals surface area contributed by atoms with Crippen molar-refractivity contribution in [1.82, 2.24) is 10.2 Å². The Labute approximate surface area is 111 Å². The topological polar surface area (TPSA) is 58.6 Å². The van der Waals surface area contributed by atoms with E-state index >= 15 is 0 Å². The van der Waals surface area contributed by atoms with Gasteiger partial charge in [0.2, 0.25) is 0 Å². The minimum absolute atomic E-state index is 0.0945. The van der Waals surface area contributed by atoms with Gasteiger partial charge in [0, 0.05) is 25.4 Å². The van der Waals surface area contributed by atoms with Gasteiger partial charge in [-0.2, -0.15) is 0 Å². The fourth-order valence-electron chi connectivity index (χ4n) is 2.35. The quantitative estimate of drug-likeness (QED) is 0.717. The average Bonchev–Trinajstić information content (AvgIpc) is 2.29. The second-order valence-electron chi connectivity index (χ2n) is 5.02. The Morgan fingerprint density at radius 1 is 1.50 bits per heavy atom. The summed E-state index contributed by atoms with van der Waals surface area (Å²) in [7, 11) is -1.03. The predicted octanol–water partition coefficient (Wildman–Crippen LogP) is 0.120. The Bertz CT molecular complexity index is 330. The Morgan fingerprint density at radius 2 is 2.22 bits per heavy atom. The van der Waals surface area contributed by atoms with E-state index < -0.39 is 9.84 Å². The highest BCUT2D eigenvalue weighted by atomic mass is 32.2. The van der Waals surface area contributed by atoms with Crippen molar-refractivity contribution >= 4 is 9.84 Å². The lowest BCUT2D eigenvalue weighted by atomic mass is 10.1. The number of nitrogens with one attached hydrogen (secondary N) is 1. The molecule has 1 aliphatic rings. The largest absolute Gasteiger partial charge is 0.374 e. The van der Waals surface area contributed by atoms with E-state index in [1.807, 2.05) is 7.05 Å². The van der Waals surface area contributed by atoms with Gasteiger partial charge in [0.15, 0.2) is 0 Å². The molecule has 0 radical (unpaired) electrons. The Morgan fingerprint density at radius 3 is 2.78 bits per heavy atom. The molecule has 1 saturated heterocycles. The number of nitrogens with zero attached hydrogens (tertiary/aromatic N) is 1. The molecule has 108 valence electrons. The minimum Gasteiger partial charge on any atom is -0.374 e. The summed E-state index contributed by atoms with van der Waals surface area (Å²) >= 11 is 0. The molecule has 0 aromatic heterocycles. The van der Waals surface area contributed by atoms with Gasteiger partial charge in [-0.1, -0.05) is 6.92 Å². The molecule has 0 amide bonds. The lowest BCUT2D eigenvalue weighted by Crippen LogP contribution is -2.52. The van der Waals surface area contributed by atoms with Crippen molar-refractivity contribution in [2.75, 3.05) is 45.3 Å². The molecule has 6 heteroatoms. The van der Waals surface area contributed by atoms with E-state index in [1.54, 1.807) is 0 Å². The van der Waals surface area contributed by atoms with Crippen LogP contribution in [0.5, 0.6) is 0 Å². The maximum absolute atomic E-state index is 11.2.